The van der Waals surface area contributed by atoms with Gasteiger partial charge < -0.3 is 15.0 Å². The number of carbonyl (C=O) groups excluding carboxylic acids is 3. The van der Waals surface area contributed by atoms with E-state index in [1.807, 2.05) is 56.3 Å². The molecule has 1 heterocycles. The monoisotopic (exact) mass is 394 g/mol. The van der Waals surface area contributed by atoms with Gasteiger partial charge in [0.25, 0.3) is 5.91 Å². The fourth-order valence-electron chi connectivity index (χ4n) is 3.47. The van der Waals surface area contributed by atoms with E-state index in [-0.39, 0.29) is 25.5 Å². The third kappa shape index (κ3) is 4.83. The first-order chi connectivity index (χ1) is 13.9. The first kappa shape index (κ1) is 20.6. The second-order valence-electron chi connectivity index (χ2n) is 7.35. The lowest BCUT2D eigenvalue weighted by atomic mass is 10.1. The molecule has 0 aliphatic carbocycles. The third-order valence-electron chi connectivity index (χ3n) is 5.21. The van der Waals surface area contributed by atoms with Crippen LogP contribution in [0.5, 0.6) is 0 Å². The van der Waals surface area contributed by atoms with Crippen molar-refractivity contribution in [2.24, 2.45) is 5.92 Å². The number of esters is 1. The van der Waals surface area contributed by atoms with E-state index >= 15 is 0 Å². The van der Waals surface area contributed by atoms with E-state index in [0.717, 1.165) is 28.9 Å². The number of nitrogens with one attached hydrogen (secondary N) is 1. The van der Waals surface area contributed by atoms with Crippen molar-refractivity contribution in [2.45, 2.75) is 33.6 Å². The van der Waals surface area contributed by atoms with Crippen molar-refractivity contribution in [1.82, 2.24) is 0 Å². The molecule has 1 aliphatic rings. The van der Waals surface area contributed by atoms with E-state index in [4.69, 9.17) is 4.74 Å². The van der Waals surface area contributed by atoms with Gasteiger partial charge in [0.15, 0.2) is 6.61 Å². The average Bonchev–Trinajstić information content (AvgIpc) is 3.11. The maximum Gasteiger partial charge on any atom is 0.311 e. The Morgan fingerprint density at radius 3 is 2.38 bits per heavy atom. The van der Waals surface area contributed by atoms with Gasteiger partial charge >= 0.3 is 5.97 Å². The smallest absolute Gasteiger partial charge is 0.311 e. The molecule has 29 heavy (non-hydrogen) atoms. The minimum atomic E-state index is -0.568. The van der Waals surface area contributed by atoms with Gasteiger partial charge in [0.05, 0.1) is 5.92 Å². The van der Waals surface area contributed by atoms with Crippen molar-refractivity contribution in [3.05, 3.63) is 59.2 Å². The highest BCUT2D eigenvalue weighted by atomic mass is 16.5. The van der Waals surface area contributed by atoms with E-state index < -0.39 is 17.8 Å². The quantitative estimate of drug-likeness (QED) is 0.762. The second-order valence-corrected chi connectivity index (χ2v) is 7.35. The van der Waals surface area contributed by atoms with Crippen LogP contribution in [0.2, 0.25) is 0 Å². The maximum absolute atomic E-state index is 12.4. The third-order valence-corrected chi connectivity index (χ3v) is 5.21. The normalized spacial score (nSPS) is 16.0. The van der Waals surface area contributed by atoms with Crippen LogP contribution >= 0.6 is 0 Å². The SMILES string of the molecule is CCc1ccc(N2C[C@@H](C(=O)OCC(=O)Nc3c(C)cccc3C)CC2=O)cc1. The van der Waals surface area contributed by atoms with Crippen LogP contribution in [0.3, 0.4) is 0 Å². The molecule has 1 saturated heterocycles. The Morgan fingerprint density at radius 2 is 1.76 bits per heavy atom. The van der Waals surface area contributed by atoms with Crippen LogP contribution in [0, 0.1) is 19.8 Å². The van der Waals surface area contributed by atoms with Gasteiger partial charge in [0, 0.05) is 24.3 Å². The number of amides is 2. The molecule has 1 atom stereocenters. The summed E-state index contributed by atoms with van der Waals surface area (Å²) in [6.45, 7) is 5.77. The van der Waals surface area contributed by atoms with Crippen LogP contribution < -0.4 is 10.2 Å². The van der Waals surface area contributed by atoms with Gasteiger partial charge in [-0.25, -0.2) is 0 Å². The lowest BCUT2D eigenvalue weighted by molar-refractivity contribution is -0.151. The minimum Gasteiger partial charge on any atom is -0.455 e. The number of ether oxygens (including phenoxy) is 1. The minimum absolute atomic E-state index is 0.0902. The summed E-state index contributed by atoms with van der Waals surface area (Å²) in [4.78, 5) is 38.5. The van der Waals surface area contributed by atoms with Crippen LogP contribution in [0.15, 0.2) is 42.5 Å². The molecule has 0 saturated carbocycles. The Labute approximate surface area is 170 Å². The molecule has 3 rings (SSSR count). The summed E-state index contributed by atoms with van der Waals surface area (Å²) >= 11 is 0. The Hall–Kier alpha value is -3.15. The Bertz CT molecular complexity index is 901. The number of nitrogens with zero attached hydrogens (tertiary/aromatic N) is 1. The highest BCUT2D eigenvalue weighted by molar-refractivity contribution is 6.00. The van der Waals surface area contributed by atoms with Crippen molar-refractivity contribution < 1.29 is 19.1 Å². The summed E-state index contributed by atoms with van der Waals surface area (Å²) in [6, 6.07) is 13.5. The number of anilines is 2. The fourth-order valence-corrected chi connectivity index (χ4v) is 3.47. The van der Waals surface area contributed by atoms with E-state index in [0.29, 0.717) is 0 Å². The zero-order valence-corrected chi connectivity index (χ0v) is 17.0. The molecular formula is C23H26N2O4. The molecule has 1 aliphatic heterocycles. The summed E-state index contributed by atoms with van der Waals surface area (Å²) < 4.78 is 5.18. The summed E-state index contributed by atoms with van der Waals surface area (Å²) in [6.07, 6.45) is 1.01. The van der Waals surface area contributed by atoms with Gasteiger partial charge in [-0.05, 0) is 49.1 Å². The van der Waals surface area contributed by atoms with Crippen LogP contribution in [-0.2, 0) is 25.5 Å². The Balaban J connectivity index is 1.54. The number of para-hydroxylation sites is 1. The summed E-state index contributed by atoms with van der Waals surface area (Å²) in [7, 11) is 0. The summed E-state index contributed by atoms with van der Waals surface area (Å²) in [5.41, 5.74) is 4.57. The van der Waals surface area contributed by atoms with Crippen molar-refractivity contribution in [3.63, 3.8) is 0 Å². The molecule has 1 fully saturated rings. The van der Waals surface area contributed by atoms with E-state index in [2.05, 4.69) is 12.2 Å². The first-order valence-corrected chi connectivity index (χ1v) is 9.81. The molecule has 2 amide bonds. The van der Waals surface area contributed by atoms with Gasteiger partial charge in [-0.3, -0.25) is 14.4 Å². The number of carbonyl (C=O) groups is 3. The number of hydrogen-bond donors (Lipinski definition) is 1. The van der Waals surface area contributed by atoms with Gasteiger partial charge in [0.2, 0.25) is 5.91 Å². The largest absolute Gasteiger partial charge is 0.455 e. The van der Waals surface area contributed by atoms with Crippen molar-refractivity contribution in [1.29, 1.82) is 0 Å². The number of hydrogen-bond acceptors (Lipinski definition) is 4. The van der Waals surface area contributed by atoms with Crippen molar-refractivity contribution in [2.75, 3.05) is 23.4 Å². The molecule has 6 heteroatoms. The van der Waals surface area contributed by atoms with Gasteiger partial charge in [-0.1, -0.05) is 37.3 Å². The highest BCUT2D eigenvalue weighted by Crippen LogP contribution is 2.26. The van der Waals surface area contributed by atoms with Crippen LogP contribution in [0.4, 0.5) is 11.4 Å². The Morgan fingerprint density at radius 1 is 1.10 bits per heavy atom. The molecule has 2 aromatic rings. The average molecular weight is 394 g/mol. The Kier molecular flexibility index (Phi) is 6.32. The van der Waals surface area contributed by atoms with E-state index in [9.17, 15) is 14.4 Å². The molecule has 6 nitrogen and oxygen atoms in total. The highest BCUT2D eigenvalue weighted by Gasteiger charge is 2.36. The molecule has 2 aromatic carbocycles. The first-order valence-electron chi connectivity index (χ1n) is 9.81. The zero-order valence-electron chi connectivity index (χ0n) is 17.0. The lowest BCUT2D eigenvalue weighted by Gasteiger charge is -2.17. The van der Waals surface area contributed by atoms with Gasteiger partial charge in [0.1, 0.15) is 0 Å². The van der Waals surface area contributed by atoms with Crippen LogP contribution in [0.25, 0.3) is 0 Å². The fraction of sp³-hybridized carbons (Fsp3) is 0.348. The predicted octanol–water partition coefficient (Wildman–Crippen LogP) is 3.40. The molecule has 0 radical (unpaired) electrons. The topological polar surface area (TPSA) is 75.7 Å². The van der Waals surface area contributed by atoms with Crippen LogP contribution in [-0.4, -0.2) is 30.9 Å². The number of aryl methyl sites for hydroxylation is 3. The van der Waals surface area contributed by atoms with Crippen molar-refractivity contribution in [3.8, 4) is 0 Å². The summed E-state index contributed by atoms with van der Waals surface area (Å²) in [5.74, 6) is -1.60. The molecule has 0 unspecified atom stereocenters. The second kappa shape index (κ2) is 8.90. The summed E-state index contributed by atoms with van der Waals surface area (Å²) in [5, 5.41) is 2.79. The van der Waals surface area contributed by atoms with Crippen molar-refractivity contribution >= 4 is 29.2 Å². The molecule has 0 spiro atoms. The predicted molar refractivity (Wildman–Crippen MR) is 112 cm³/mol. The number of benzene rings is 2. The molecule has 0 bridgehead atoms. The zero-order chi connectivity index (χ0) is 21.0. The molecule has 152 valence electrons. The maximum atomic E-state index is 12.4. The number of rotatable bonds is 6. The van der Waals surface area contributed by atoms with E-state index in [1.165, 1.54) is 5.56 Å². The van der Waals surface area contributed by atoms with Gasteiger partial charge in [-0.2, -0.15) is 0 Å². The molecular weight excluding hydrogens is 368 g/mol. The lowest BCUT2D eigenvalue weighted by Crippen LogP contribution is -2.28. The van der Waals surface area contributed by atoms with Crippen LogP contribution in [0.1, 0.15) is 30.0 Å². The molecule has 1 N–H and O–H groups in total. The van der Waals surface area contributed by atoms with Gasteiger partial charge in [-0.15, -0.1) is 0 Å². The molecule has 0 aromatic heterocycles. The standard InChI is InChI=1S/C23H26N2O4/c1-4-17-8-10-19(11-9-17)25-13-18(12-21(25)27)23(28)29-14-20(26)24-22-15(2)6-5-7-16(22)3/h5-11,18H,4,12-14H2,1-3H3,(H,24,26)/t18-/m0/s1. The van der Waals surface area contributed by atoms with E-state index in [1.54, 1.807) is 4.90 Å².